The van der Waals surface area contributed by atoms with E-state index in [0.29, 0.717) is 28.1 Å². The zero-order chi connectivity index (χ0) is 31.3. The van der Waals surface area contributed by atoms with E-state index >= 15 is 4.39 Å². The number of pyridine rings is 1. The van der Waals surface area contributed by atoms with Gasteiger partial charge < -0.3 is 25.5 Å². The van der Waals surface area contributed by atoms with Crippen LogP contribution in [-0.2, 0) is 9.59 Å². The zero-order valence-corrected chi connectivity index (χ0v) is 24.8. The van der Waals surface area contributed by atoms with E-state index in [2.05, 4.69) is 32.5 Å². The Morgan fingerprint density at radius 3 is 2.40 bits per heavy atom. The highest BCUT2D eigenvalue weighted by Crippen LogP contribution is 2.33. The summed E-state index contributed by atoms with van der Waals surface area (Å²) in [6.45, 7) is 8.00. The molecule has 0 aliphatic carbocycles. The lowest BCUT2D eigenvalue weighted by atomic mass is 9.90. The van der Waals surface area contributed by atoms with E-state index in [9.17, 15) is 23.9 Å². The average Bonchev–Trinajstić information content (AvgIpc) is 3.16. The van der Waals surface area contributed by atoms with Crippen molar-refractivity contribution >= 4 is 23.6 Å². The van der Waals surface area contributed by atoms with E-state index < -0.39 is 48.4 Å². The van der Waals surface area contributed by atoms with Gasteiger partial charge >= 0.3 is 5.97 Å². The Morgan fingerprint density at radius 1 is 0.977 bits per heavy atom. The highest BCUT2D eigenvalue weighted by atomic mass is 19.1. The molecule has 43 heavy (non-hydrogen) atoms. The molecule has 1 aromatic heterocycles. The number of aliphatic carboxylic acids is 1. The molecule has 1 saturated heterocycles. The Hall–Kier alpha value is -4.38. The van der Waals surface area contributed by atoms with Crippen LogP contribution < -0.4 is 15.5 Å². The summed E-state index contributed by atoms with van der Waals surface area (Å²) in [6, 6.07) is 9.74. The lowest BCUT2D eigenvalue weighted by molar-refractivity contribution is -0.137. The third-order valence-corrected chi connectivity index (χ3v) is 7.58. The number of benzene rings is 2. The first-order valence-corrected chi connectivity index (χ1v) is 14.2. The molecule has 1 aliphatic rings. The third-order valence-electron chi connectivity index (χ3n) is 7.58. The number of carbonyl (C=O) groups excluding carboxylic acids is 2. The lowest BCUT2D eigenvalue weighted by Crippen LogP contribution is -2.40. The second-order valence-corrected chi connectivity index (χ2v) is 11.0. The van der Waals surface area contributed by atoms with Crippen molar-refractivity contribution in [3.05, 3.63) is 82.0 Å². The molecule has 2 amide bonds. The Labute approximate surface area is 249 Å². The molecular formula is C32H37F2N5O4. The molecule has 0 spiro atoms. The summed E-state index contributed by atoms with van der Waals surface area (Å²) in [4.78, 5) is 46.3. The summed E-state index contributed by atoms with van der Waals surface area (Å²) in [5, 5.41) is 14.6. The first-order chi connectivity index (χ1) is 20.4. The molecule has 1 unspecified atom stereocenters. The Kier molecular flexibility index (Phi) is 10.1. The van der Waals surface area contributed by atoms with E-state index in [-0.39, 0.29) is 16.8 Å². The Morgan fingerprint density at radius 2 is 1.70 bits per heavy atom. The van der Waals surface area contributed by atoms with Crippen molar-refractivity contribution in [2.24, 2.45) is 0 Å². The number of likely N-dealkylation sites (N-methyl/N-ethyl adjacent to an activating group) is 1. The smallest absolute Gasteiger partial charge is 0.305 e. The number of carboxylic acid groups (broad SMARTS) is 1. The van der Waals surface area contributed by atoms with Crippen molar-refractivity contribution < 1.29 is 28.3 Å². The largest absolute Gasteiger partial charge is 0.481 e. The van der Waals surface area contributed by atoms with Crippen molar-refractivity contribution in [2.75, 3.05) is 44.7 Å². The first-order valence-electron chi connectivity index (χ1n) is 14.2. The van der Waals surface area contributed by atoms with Crippen LogP contribution >= 0.6 is 0 Å². The molecule has 0 saturated carbocycles. The fraction of sp³-hybridized carbons (Fsp3) is 0.375. The number of aryl methyl sites for hydroxylation is 3. The molecule has 2 aromatic carbocycles. The fourth-order valence-corrected chi connectivity index (χ4v) is 5.47. The molecule has 1 aliphatic heterocycles. The first kappa shape index (κ1) is 31.6. The summed E-state index contributed by atoms with van der Waals surface area (Å²) >= 11 is 0. The number of carbonyl (C=O) groups is 3. The fourth-order valence-electron chi connectivity index (χ4n) is 5.47. The van der Waals surface area contributed by atoms with Gasteiger partial charge in [0.05, 0.1) is 19.0 Å². The topological polar surface area (TPSA) is 115 Å². The Balaban J connectivity index is 1.50. The molecule has 0 bridgehead atoms. The number of aromatic nitrogens is 1. The molecule has 0 radical (unpaired) electrons. The monoisotopic (exact) mass is 593 g/mol. The summed E-state index contributed by atoms with van der Waals surface area (Å²) in [7, 11) is 2.06. The standard InChI is InChI=1S/C32H37F2N5O4/c1-19-14-23(33)15-20(2)30(19)22-13-21(3)31(34)24(16-22)26(17-29(41)42)37-28(40)18-35-32(43)25-7-5-8-27(36-25)39-10-6-9-38(4)11-12-39/h5,7-8,13-16,26H,6,9-12,17-18H2,1-4H3,(H,35,43)(H,37,40)(H,41,42). The second-order valence-electron chi connectivity index (χ2n) is 11.0. The van der Waals surface area contributed by atoms with Gasteiger partial charge in [0.2, 0.25) is 5.91 Å². The van der Waals surface area contributed by atoms with Crippen molar-refractivity contribution in [3.63, 3.8) is 0 Å². The molecule has 4 rings (SSSR count). The van der Waals surface area contributed by atoms with E-state index in [1.807, 2.05) is 6.07 Å². The van der Waals surface area contributed by atoms with Crippen LogP contribution in [0.2, 0.25) is 0 Å². The maximum Gasteiger partial charge on any atom is 0.305 e. The van der Waals surface area contributed by atoms with Crippen LogP contribution in [0.5, 0.6) is 0 Å². The summed E-state index contributed by atoms with van der Waals surface area (Å²) < 4.78 is 29.3. The van der Waals surface area contributed by atoms with Crippen molar-refractivity contribution in [1.82, 2.24) is 20.5 Å². The van der Waals surface area contributed by atoms with E-state index in [1.54, 1.807) is 39.0 Å². The zero-order valence-electron chi connectivity index (χ0n) is 24.8. The second kappa shape index (κ2) is 13.7. The summed E-state index contributed by atoms with van der Waals surface area (Å²) in [5.74, 6) is -2.88. The number of amides is 2. The molecule has 9 nitrogen and oxygen atoms in total. The van der Waals surface area contributed by atoms with Gasteiger partial charge in [-0.1, -0.05) is 6.07 Å². The van der Waals surface area contributed by atoms with Crippen LogP contribution in [-0.4, -0.2) is 72.5 Å². The van der Waals surface area contributed by atoms with E-state index in [4.69, 9.17) is 0 Å². The maximum atomic E-state index is 15.4. The molecule has 1 fully saturated rings. The van der Waals surface area contributed by atoms with Crippen molar-refractivity contribution in [3.8, 4) is 11.1 Å². The van der Waals surface area contributed by atoms with E-state index in [1.165, 1.54) is 18.2 Å². The van der Waals surface area contributed by atoms with Crippen LogP contribution in [0.15, 0.2) is 42.5 Å². The highest BCUT2D eigenvalue weighted by molar-refractivity contribution is 5.95. The maximum absolute atomic E-state index is 15.4. The SMILES string of the molecule is Cc1cc(-c2c(C)cc(F)cc2C)cc(C(CC(=O)O)NC(=O)CNC(=O)c2cccc(N3CCCN(C)CC3)n2)c1F. The van der Waals surface area contributed by atoms with Gasteiger partial charge in [0.1, 0.15) is 23.1 Å². The van der Waals surface area contributed by atoms with Gasteiger partial charge in [-0.25, -0.2) is 13.8 Å². The van der Waals surface area contributed by atoms with Crippen LogP contribution in [0.3, 0.4) is 0 Å². The van der Waals surface area contributed by atoms with Gasteiger partial charge in [0.25, 0.3) is 5.91 Å². The number of nitrogens with zero attached hydrogens (tertiary/aromatic N) is 3. The van der Waals surface area contributed by atoms with E-state index in [0.717, 1.165) is 32.6 Å². The van der Waals surface area contributed by atoms with Crippen molar-refractivity contribution in [2.45, 2.75) is 39.7 Å². The molecule has 228 valence electrons. The molecule has 1 atom stereocenters. The summed E-state index contributed by atoms with van der Waals surface area (Å²) in [5.41, 5.74) is 2.91. The number of halogens is 2. The number of carboxylic acids is 1. The minimum Gasteiger partial charge on any atom is -0.481 e. The molecule has 3 aromatic rings. The molecule has 11 heteroatoms. The highest BCUT2D eigenvalue weighted by Gasteiger charge is 2.25. The Bertz CT molecular complexity index is 1510. The average molecular weight is 594 g/mol. The summed E-state index contributed by atoms with van der Waals surface area (Å²) in [6.07, 6.45) is 0.383. The minimum absolute atomic E-state index is 0.0161. The van der Waals surface area contributed by atoms with Gasteiger partial charge in [-0.3, -0.25) is 14.4 Å². The number of rotatable bonds is 9. The molecule has 2 heterocycles. The number of anilines is 1. The van der Waals surface area contributed by atoms with Crippen molar-refractivity contribution in [1.29, 1.82) is 0 Å². The van der Waals surface area contributed by atoms with Gasteiger partial charge in [-0.2, -0.15) is 0 Å². The molecule has 3 N–H and O–H groups in total. The van der Waals surface area contributed by atoms with Crippen LogP contribution in [0, 0.1) is 32.4 Å². The van der Waals surface area contributed by atoms with Crippen LogP contribution in [0.25, 0.3) is 11.1 Å². The predicted molar refractivity (Wildman–Crippen MR) is 160 cm³/mol. The van der Waals surface area contributed by atoms with Gasteiger partial charge in [-0.05, 0) is 105 Å². The number of nitrogens with one attached hydrogen (secondary N) is 2. The van der Waals surface area contributed by atoms with Crippen LogP contribution in [0.4, 0.5) is 14.6 Å². The van der Waals surface area contributed by atoms with Gasteiger partial charge in [0, 0.05) is 25.2 Å². The normalized spacial score (nSPS) is 14.6. The van der Waals surface area contributed by atoms with Crippen LogP contribution in [0.1, 0.15) is 51.6 Å². The quantitative estimate of drug-likeness (QED) is 0.342. The third kappa shape index (κ3) is 7.92. The minimum atomic E-state index is -1.24. The predicted octanol–water partition coefficient (Wildman–Crippen LogP) is 4.16. The number of hydrogen-bond acceptors (Lipinski definition) is 6. The van der Waals surface area contributed by atoms with Gasteiger partial charge in [0.15, 0.2) is 0 Å². The molecular weight excluding hydrogens is 556 g/mol. The number of hydrogen-bond donors (Lipinski definition) is 3. The lowest BCUT2D eigenvalue weighted by Gasteiger charge is -2.22. The van der Waals surface area contributed by atoms with Gasteiger partial charge in [-0.15, -0.1) is 0 Å².